The third-order valence-electron chi connectivity index (χ3n) is 5.05. The molecule has 0 spiro atoms. The van der Waals surface area contributed by atoms with Gasteiger partial charge in [0.05, 0.1) is 12.2 Å². The van der Waals surface area contributed by atoms with Crippen LogP contribution in [0.15, 0.2) is 89.8 Å². The Morgan fingerprint density at radius 2 is 1.67 bits per heavy atom. The van der Waals surface area contributed by atoms with Gasteiger partial charge in [-0.1, -0.05) is 48.5 Å². The number of nitrogens with zero attached hydrogens (tertiary/aromatic N) is 1. The summed E-state index contributed by atoms with van der Waals surface area (Å²) in [6.45, 7) is 0.875. The zero-order valence-corrected chi connectivity index (χ0v) is 20.1. The van der Waals surface area contributed by atoms with E-state index in [1.807, 2.05) is 30.3 Å². The molecule has 3 aromatic rings. The molecule has 3 rings (SSSR count). The van der Waals surface area contributed by atoms with Crippen LogP contribution in [0.25, 0.3) is 6.08 Å². The minimum atomic E-state index is -4.68. The molecule has 0 saturated carbocycles. The van der Waals surface area contributed by atoms with Gasteiger partial charge < -0.3 is 13.8 Å². The van der Waals surface area contributed by atoms with E-state index in [0.717, 1.165) is 23.8 Å². The molecule has 6 nitrogen and oxygen atoms in total. The average Bonchev–Trinajstić information content (AvgIpc) is 2.86. The monoisotopic (exact) mass is 519 g/mol. The number of halogens is 3. The molecule has 0 atom stereocenters. The van der Waals surface area contributed by atoms with E-state index in [9.17, 15) is 26.4 Å². The van der Waals surface area contributed by atoms with Crippen molar-refractivity contribution in [3.63, 3.8) is 0 Å². The fourth-order valence-electron chi connectivity index (χ4n) is 3.18. The highest BCUT2D eigenvalue weighted by Gasteiger charge is 2.32. The quantitative estimate of drug-likeness (QED) is 0.273. The first kappa shape index (κ1) is 27.0. The second kappa shape index (κ2) is 11.9. The van der Waals surface area contributed by atoms with Crippen LogP contribution in [0.1, 0.15) is 16.7 Å². The van der Waals surface area contributed by atoms with Gasteiger partial charge in [-0.3, -0.25) is 4.79 Å². The van der Waals surface area contributed by atoms with Crippen LogP contribution in [-0.2, 0) is 32.4 Å². The largest absolute Gasteiger partial charge is 0.416 e. The summed E-state index contributed by atoms with van der Waals surface area (Å²) in [7, 11) is -2.95. The van der Waals surface area contributed by atoms with Crippen molar-refractivity contribution >= 4 is 22.1 Å². The fourth-order valence-corrected chi connectivity index (χ4v) is 4.16. The molecule has 0 heterocycles. The Hall–Kier alpha value is -3.63. The summed E-state index contributed by atoms with van der Waals surface area (Å²) in [6, 6.07) is 18.6. The molecule has 0 aromatic heterocycles. The Balaban J connectivity index is 1.70. The molecule has 0 bridgehead atoms. The molecule has 0 N–H and O–H groups in total. The normalized spacial score (nSPS) is 12.0. The van der Waals surface area contributed by atoms with E-state index in [0.29, 0.717) is 24.8 Å². The SMILES string of the molecule is COCCN(Cc1ccc(OS(=O)(=O)c2cccc(C(F)(F)F)c2)cc1)C(=O)/C=C/c1ccccc1. The van der Waals surface area contributed by atoms with Crippen molar-refractivity contribution in [1.29, 1.82) is 0 Å². The highest BCUT2D eigenvalue weighted by atomic mass is 32.2. The number of alkyl halides is 3. The van der Waals surface area contributed by atoms with E-state index in [2.05, 4.69) is 0 Å². The van der Waals surface area contributed by atoms with Crippen molar-refractivity contribution < 1.29 is 35.3 Å². The van der Waals surface area contributed by atoms with Crippen LogP contribution >= 0.6 is 0 Å². The summed E-state index contributed by atoms with van der Waals surface area (Å²) in [4.78, 5) is 13.7. The molecule has 0 aliphatic rings. The second-order valence-corrected chi connectivity index (χ2v) is 9.25. The van der Waals surface area contributed by atoms with Gasteiger partial charge in [0.25, 0.3) is 0 Å². The molecule has 1 amide bonds. The molecule has 0 unspecified atom stereocenters. The number of hydrogen-bond donors (Lipinski definition) is 0. The van der Waals surface area contributed by atoms with Crippen molar-refractivity contribution in [2.24, 2.45) is 0 Å². The lowest BCUT2D eigenvalue weighted by molar-refractivity contribution is -0.137. The van der Waals surface area contributed by atoms with Crippen LogP contribution in [0.2, 0.25) is 0 Å². The first-order chi connectivity index (χ1) is 17.1. The number of ether oxygens (including phenoxy) is 1. The number of rotatable bonds is 10. The smallest absolute Gasteiger partial charge is 0.383 e. The zero-order chi connectivity index (χ0) is 26.2. The van der Waals surface area contributed by atoms with Crippen molar-refractivity contribution in [1.82, 2.24) is 4.90 Å². The highest BCUT2D eigenvalue weighted by Crippen LogP contribution is 2.31. The van der Waals surface area contributed by atoms with Gasteiger partial charge in [0.1, 0.15) is 10.6 Å². The summed E-state index contributed by atoms with van der Waals surface area (Å²) in [5.41, 5.74) is 0.474. The van der Waals surface area contributed by atoms with Crippen molar-refractivity contribution in [2.75, 3.05) is 20.3 Å². The minimum Gasteiger partial charge on any atom is -0.383 e. The molecular formula is C26H24F3NO5S. The Morgan fingerprint density at radius 3 is 2.31 bits per heavy atom. The Bertz CT molecular complexity index is 1290. The van der Waals surface area contributed by atoms with Crippen LogP contribution in [0, 0.1) is 0 Å². The minimum absolute atomic E-state index is 0.0742. The zero-order valence-electron chi connectivity index (χ0n) is 19.3. The summed E-state index contributed by atoms with van der Waals surface area (Å²) in [6.07, 6.45) is -1.52. The van der Waals surface area contributed by atoms with Crippen LogP contribution < -0.4 is 4.18 Å². The lowest BCUT2D eigenvalue weighted by atomic mass is 10.2. The van der Waals surface area contributed by atoms with Gasteiger partial charge in [-0.25, -0.2) is 0 Å². The summed E-state index contributed by atoms with van der Waals surface area (Å²) in [5.74, 6) is -0.307. The fraction of sp³-hybridized carbons (Fsp3) is 0.192. The standard InChI is InChI=1S/C26H24F3NO5S/c1-34-17-16-30(25(31)15-12-20-6-3-2-4-7-20)19-21-10-13-23(14-11-21)35-36(32,33)24-9-5-8-22(18-24)26(27,28)29/h2-15,18H,16-17,19H2,1H3/b15-12+. The number of methoxy groups -OCH3 is 1. The van der Waals surface area contributed by atoms with Crippen LogP contribution in [0.5, 0.6) is 5.75 Å². The van der Waals surface area contributed by atoms with Gasteiger partial charge in [0.2, 0.25) is 5.91 Å². The number of carbonyl (C=O) groups excluding carboxylic acids is 1. The number of amides is 1. The van der Waals surface area contributed by atoms with E-state index in [1.54, 1.807) is 23.1 Å². The molecule has 3 aromatic carbocycles. The van der Waals surface area contributed by atoms with Gasteiger partial charge in [0.15, 0.2) is 0 Å². The summed E-state index contributed by atoms with van der Waals surface area (Å²) < 4.78 is 73.8. The maximum Gasteiger partial charge on any atom is 0.416 e. The molecule has 0 saturated heterocycles. The van der Waals surface area contributed by atoms with E-state index in [4.69, 9.17) is 8.92 Å². The molecule has 0 aliphatic heterocycles. The van der Waals surface area contributed by atoms with Gasteiger partial charge >= 0.3 is 16.3 Å². The van der Waals surface area contributed by atoms with E-state index in [-0.39, 0.29) is 18.2 Å². The maximum atomic E-state index is 12.9. The molecule has 0 fully saturated rings. The summed E-state index contributed by atoms with van der Waals surface area (Å²) in [5, 5.41) is 0. The number of hydrogen-bond acceptors (Lipinski definition) is 5. The average molecular weight is 520 g/mol. The molecule has 10 heteroatoms. The summed E-state index contributed by atoms with van der Waals surface area (Å²) >= 11 is 0. The van der Waals surface area contributed by atoms with Crippen molar-refractivity contribution in [3.8, 4) is 5.75 Å². The molecule has 36 heavy (non-hydrogen) atoms. The predicted molar refractivity (Wildman–Crippen MR) is 128 cm³/mol. The first-order valence-electron chi connectivity index (χ1n) is 10.8. The maximum absolute atomic E-state index is 12.9. The third-order valence-corrected chi connectivity index (χ3v) is 6.29. The van der Waals surface area contributed by atoms with Gasteiger partial charge in [-0.05, 0) is 47.5 Å². The topological polar surface area (TPSA) is 72.9 Å². The third kappa shape index (κ3) is 7.69. The lowest BCUT2D eigenvalue weighted by Gasteiger charge is -2.21. The molecule has 0 aliphatic carbocycles. The van der Waals surface area contributed by atoms with Crippen molar-refractivity contribution in [3.05, 3.63) is 102 Å². The molecular weight excluding hydrogens is 495 g/mol. The predicted octanol–water partition coefficient (Wildman–Crippen LogP) is 5.16. The van der Waals surface area contributed by atoms with Crippen LogP contribution in [0.4, 0.5) is 13.2 Å². The first-order valence-corrected chi connectivity index (χ1v) is 12.2. The second-order valence-electron chi connectivity index (χ2n) is 7.70. The highest BCUT2D eigenvalue weighted by molar-refractivity contribution is 7.87. The van der Waals surface area contributed by atoms with Gasteiger partial charge in [0, 0.05) is 26.3 Å². The van der Waals surface area contributed by atoms with Crippen molar-refractivity contribution in [2.45, 2.75) is 17.6 Å². The Morgan fingerprint density at radius 1 is 0.972 bits per heavy atom. The molecule has 190 valence electrons. The van der Waals surface area contributed by atoms with Crippen LogP contribution in [0.3, 0.4) is 0 Å². The van der Waals surface area contributed by atoms with E-state index in [1.165, 1.54) is 25.3 Å². The lowest BCUT2D eigenvalue weighted by Crippen LogP contribution is -2.32. The van der Waals surface area contributed by atoms with Gasteiger partial charge in [-0.15, -0.1) is 0 Å². The van der Waals surface area contributed by atoms with Gasteiger partial charge in [-0.2, -0.15) is 21.6 Å². The van der Waals surface area contributed by atoms with E-state index < -0.39 is 26.8 Å². The number of benzene rings is 3. The van der Waals surface area contributed by atoms with E-state index >= 15 is 0 Å². The van der Waals surface area contributed by atoms with Crippen LogP contribution in [-0.4, -0.2) is 39.5 Å². The number of carbonyl (C=O) groups is 1. The Kier molecular flexibility index (Phi) is 8.89. The molecule has 0 radical (unpaired) electrons. The Labute approximate surface area is 207 Å².